The standard InChI is InChI=1S/C11H7F5O4/c1-2-4-9(13)10(14,20-8(19)7(17)18)5-3-6(12)11(9,15)16/h3,5-6H,1H3,(H,17,18). The topological polar surface area (TPSA) is 63.6 Å². The van der Waals surface area contributed by atoms with E-state index in [1.54, 1.807) is 5.92 Å². The maximum atomic E-state index is 14.2. The summed E-state index contributed by atoms with van der Waals surface area (Å²) in [7, 11) is 0. The van der Waals surface area contributed by atoms with Gasteiger partial charge in [-0.3, -0.25) is 0 Å². The molecule has 3 atom stereocenters. The van der Waals surface area contributed by atoms with Crippen molar-refractivity contribution in [3.05, 3.63) is 12.2 Å². The highest BCUT2D eigenvalue weighted by Gasteiger charge is 2.74. The number of ether oxygens (including phenoxy) is 1. The zero-order valence-corrected chi connectivity index (χ0v) is 9.79. The van der Waals surface area contributed by atoms with Gasteiger partial charge in [0.25, 0.3) is 0 Å². The highest BCUT2D eigenvalue weighted by molar-refractivity contribution is 6.28. The fourth-order valence-electron chi connectivity index (χ4n) is 1.48. The van der Waals surface area contributed by atoms with Gasteiger partial charge in [-0.2, -0.15) is 13.2 Å². The summed E-state index contributed by atoms with van der Waals surface area (Å²) < 4.78 is 72.0. The molecule has 0 saturated carbocycles. The quantitative estimate of drug-likeness (QED) is 0.262. The summed E-state index contributed by atoms with van der Waals surface area (Å²) in [5, 5.41) is 8.22. The molecular weight excluding hydrogens is 291 g/mol. The molecule has 1 N–H and O–H groups in total. The lowest BCUT2D eigenvalue weighted by molar-refractivity contribution is -0.262. The predicted molar refractivity (Wildman–Crippen MR) is 53.8 cm³/mol. The van der Waals surface area contributed by atoms with Crippen molar-refractivity contribution in [1.29, 1.82) is 0 Å². The van der Waals surface area contributed by atoms with Gasteiger partial charge in [0.15, 0.2) is 6.17 Å². The van der Waals surface area contributed by atoms with Gasteiger partial charge >= 0.3 is 29.4 Å². The Morgan fingerprint density at radius 2 is 1.85 bits per heavy atom. The Balaban J connectivity index is 3.41. The van der Waals surface area contributed by atoms with Gasteiger partial charge in [0.05, 0.1) is 0 Å². The zero-order valence-electron chi connectivity index (χ0n) is 9.79. The molecule has 3 unspecified atom stereocenters. The van der Waals surface area contributed by atoms with E-state index < -0.39 is 35.6 Å². The zero-order chi connectivity index (χ0) is 15.8. The fourth-order valence-corrected chi connectivity index (χ4v) is 1.48. The van der Waals surface area contributed by atoms with Gasteiger partial charge in [-0.1, -0.05) is 0 Å². The van der Waals surface area contributed by atoms with Crippen molar-refractivity contribution in [3.63, 3.8) is 0 Å². The molecule has 0 fully saturated rings. The number of rotatable bonds is 1. The number of halogens is 5. The molecular formula is C11H7F5O4. The van der Waals surface area contributed by atoms with Crippen LogP contribution in [0.3, 0.4) is 0 Å². The van der Waals surface area contributed by atoms with Crippen LogP contribution in [0.5, 0.6) is 0 Å². The number of carboxylic acid groups (broad SMARTS) is 1. The van der Waals surface area contributed by atoms with E-state index in [9.17, 15) is 31.5 Å². The molecule has 1 rings (SSSR count). The van der Waals surface area contributed by atoms with E-state index in [1.807, 2.05) is 0 Å². The van der Waals surface area contributed by atoms with E-state index in [-0.39, 0.29) is 12.2 Å². The number of hydrogen-bond acceptors (Lipinski definition) is 3. The van der Waals surface area contributed by atoms with Gasteiger partial charge in [-0.25, -0.2) is 18.4 Å². The average Bonchev–Trinajstić information content (AvgIpc) is 2.33. The molecule has 4 nitrogen and oxygen atoms in total. The Bertz CT molecular complexity index is 535. The largest absolute Gasteiger partial charge is 0.473 e. The molecule has 20 heavy (non-hydrogen) atoms. The van der Waals surface area contributed by atoms with Gasteiger partial charge in [0.1, 0.15) is 0 Å². The molecule has 0 heterocycles. The van der Waals surface area contributed by atoms with E-state index in [0.717, 1.165) is 12.8 Å². The highest BCUT2D eigenvalue weighted by atomic mass is 19.3. The molecule has 0 aromatic carbocycles. The molecule has 110 valence electrons. The lowest BCUT2D eigenvalue weighted by Gasteiger charge is -2.40. The maximum absolute atomic E-state index is 14.2. The summed E-state index contributed by atoms with van der Waals surface area (Å²) in [4.78, 5) is 21.0. The third kappa shape index (κ3) is 2.11. The Labute approximate surface area is 109 Å². The molecule has 1 aliphatic carbocycles. The fraction of sp³-hybridized carbons (Fsp3) is 0.455. The Hall–Kier alpha value is -2.11. The highest BCUT2D eigenvalue weighted by Crippen LogP contribution is 2.50. The second-order valence-electron chi connectivity index (χ2n) is 3.76. The van der Waals surface area contributed by atoms with Crippen molar-refractivity contribution >= 4 is 11.9 Å². The van der Waals surface area contributed by atoms with Gasteiger partial charge in [0, 0.05) is 0 Å². The van der Waals surface area contributed by atoms with Gasteiger partial charge in [-0.15, -0.1) is 5.92 Å². The number of carbonyl (C=O) groups is 2. The minimum Gasteiger partial charge on any atom is -0.473 e. The normalized spacial score (nSPS) is 34.8. The Morgan fingerprint density at radius 1 is 1.30 bits per heavy atom. The van der Waals surface area contributed by atoms with E-state index in [4.69, 9.17) is 5.11 Å². The average molecular weight is 298 g/mol. The van der Waals surface area contributed by atoms with E-state index in [0.29, 0.717) is 0 Å². The molecule has 0 aliphatic heterocycles. The van der Waals surface area contributed by atoms with Crippen LogP contribution >= 0.6 is 0 Å². The summed E-state index contributed by atoms with van der Waals surface area (Å²) in [6.07, 6.45) is -3.44. The number of carboxylic acids is 1. The molecule has 0 amide bonds. The Morgan fingerprint density at radius 3 is 2.30 bits per heavy atom. The van der Waals surface area contributed by atoms with Crippen LogP contribution in [0.2, 0.25) is 0 Å². The van der Waals surface area contributed by atoms with Crippen molar-refractivity contribution < 1.29 is 41.4 Å². The first-order chi connectivity index (χ1) is 9.02. The molecule has 0 spiro atoms. The monoisotopic (exact) mass is 298 g/mol. The number of allylic oxidation sites excluding steroid dienone is 1. The van der Waals surface area contributed by atoms with Crippen LogP contribution in [0, 0.1) is 11.8 Å². The number of carbonyl (C=O) groups excluding carboxylic acids is 1. The van der Waals surface area contributed by atoms with Crippen LogP contribution in [-0.2, 0) is 14.3 Å². The number of hydrogen-bond donors (Lipinski definition) is 1. The number of aliphatic carboxylic acids is 1. The third-order valence-electron chi connectivity index (χ3n) is 2.47. The molecule has 0 bridgehead atoms. The number of alkyl halides is 5. The van der Waals surface area contributed by atoms with Crippen LogP contribution in [0.15, 0.2) is 12.2 Å². The SMILES string of the molecule is CC#CC1(F)C(F)(OC(=O)C(=O)O)C=CC(F)C1(F)F. The molecule has 0 saturated heterocycles. The summed E-state index contributed by atoms with van der Waals surface area (Å²) >= 11 is 0. The first kappa shape index (κ1) is 15.9. The minimum atomic E-state index is -4.99. The summed E-state index contributed by atoms with van der Waals surface area (Å²) in [6, 6.07) is 0. The predicted octanol–water partition coefficient (Wildman–Crippen LogP) is 1.55. The van der Waals surface area contributed by atoms with E-state index in [1.165, 1.54) is 0 Å². The first-order valence-corrected chi connectivity index (χ1v) is 5.01. The number of esters is 1. The summed E-state index contributed by atoms with van der Waals surface area (Å²) in [6.45, 7) is 0.863. The molecule has 0 aromatic rings. The smallest absolute Gasteiger partial charge is 0.420 e. The lowest BCUT2D eigenvalue weighted by Crippen LogP contribution is -2.65. The summed E-state index contributed by atoms with van der Waals surface area (Å²) in [5.41, 5.74) is -4.56. The minimum absolute atomic E-state index is 0.0791. The van der Waals surface area contributed by atoms with Crippen LogP contribution < -0.4 is 0 Å². The van der Waals surface area contributed by atoms with Crippen molar-refractivity contribution in [1.82, 2.24) is 0 Å². The Kier molecular flexibility index (Phi) is 3.81. The summed E-state index contributed by atoms with van der Waals surface area (Å²) in [5.74, 6) is -11.2. The van der Waals surface area contributed by atoms with Crippen molar-refractivity contribution in [2.24, 2.45) is 0 Å². The van der Waals surface area contributed by atoms with Gasteiger partial charge < -0.3 is 9.84 Å². The van der Waals surface area contributed by atoms with Crippen molar-refractivity contribution in [3.8, 4) is 11.8 Å². The first-order valence-electron chi connectivity index (χ1n) is 5.01. The molecule has 0 radical (unpaired) electrons. The van der Waals surface area contributed by atoms with E-state index >= 15 is 0 Å². The van der Waals surface area contributed by atoms with Crippen LogP contribution in [0.1, 0.15) is 6.92 Å². The van der Waals surface area contributed by atoms with Crippen LogP contribution in [0.4, 0.5) is 22.0 Å². The molecule has 0 aromatic heterocycles. The van der Waals surface area contributed by atoms with Crippen molar-refractivity contribution in [2.45, 2.75) is 30.5 Å². The maximum Gasteiger partial charge on any atom is 0.420 e. The van der Waals surface area contributed by atoms with Crippen molar-refractivity contribution in [2.75, 3.05) is 0 Å². The van der Waals surface area contributed by atoms with Crippen LogP contribution in [-0.4, -0.2) is 40.7 Å². The lowest BCUT2D eigenvalue weighted by atomic mass is 9.82. The molecule has 9 heteroatoms. The second kappa shape index (κ2) is 4.77. The van der Waals surface area contributed by atoms with Gasteiger partial charge in [-0.05, 0) is 25.0 Å². The van der Waals surface area contributed by atoms with Gasteiger partial charge in [0.2, 0.25) is 0 Å². The molecule has 1 aliphatic rings. The van der Waals surface area contributed by atoms with E-state index in [2.05, 4.69) is 4.74 Å². The third-order valence-corrected chi connectivity index (χ3v) is 2.47. The van der Waals surface area contributed by atoms with Crippen LogP contribution in [0.25, 0.3) is 0 Å². The second-order valence-corrected chi connectivity index (χ2v) is 3.76.